The molecule has 9 heteroatoms. The number of rotatable bonds is 5. The van der Waals surface area contributed by atoms with Crippen LogP contribution in [-0.4, -0.2) is 33.2 Å². The minimum atomic E-state index is -3.30. The lowest BCUT2D eigenvalue weighted by Crippen LogP contribution is -2.22. The number of hydrogen-bond acceptors (Lipinski definition) is 5. The summed E-state index contributed by atoms with van der Waals surface area (Å²) in [6.07, 6.45) is 2.85. The molecule has 1 aromatic carbocycles. The lowest BCUT2D eigenvalue weighted by atomic mass is 9.98. The van der Waals surface area contributed by atoms with Gasteiger partial charge in [0.2, 0.25) is 10.0 Å². The Bertz CT molecular complexity index is 1130. The topological polar surface area (TPSA) is 109 Å². The molecule has 2 aromatic heterocycles. The van der Waals surface area contributed by atoms with E-state index < -0.39 is 10.0 Å². The van der Waals surface area contributed by atoms with E-state index in [1.54, 1.807) is 24.3 Å². The summed E-state index contributed by atoms with van der Waals surface area (Å²) in [5, 5.41) is 2.49. The maximum atomic E-state index is 12.7. The SMILES string of the molecule is CC(C)c1c(-c2ccc(NS(=O)(=O)C3CC3)cc2)nc2nc[nH]n2c1=O. The zero-order chi connectivity index (χ0) is 18.5. The molecule has 0 unspecified atom stereocenters. The number of nitrogens with zero attached hydrogens (tertiary/aromatic N) is 3. The zero-order valence-corrected chi connectivity index (χ0v) is 15.2. The first kappa shape index (κ1) is 16.8. The highest BCUT2D eigenvalue weighted by atomic mass is 32.2. The van der Waals surface area contributed by atoms with Crippen LogP contribution in [0.25, 0.3) is 17.0 Å². The second kappa shape index (κ2) is 5.94. The van der Waals surface area contributed by atoms with E-state index in [0.717, 1.165) is 5.56 Å². The Morgan fingerprint density at radius 2 is 1.92 bits per heavy atom. The first-order valence-corrected chi connectivity index (χ1v) is 9.99. The Morgan fingerprint density at radius 3 is 2.54 bits per heavy atom. The Morgan fingerprint density at radius 1 is 1.23 bits per heavy atom. The summed E-state index contributed by atoms with van der Waals surface area (Å²) in [4.78, 5) is 21.3. The molecule has 2 heterocycles. The second-order valence-electron chi connectivity index (χ2n) is 6.78. The number of nitrogens with one attached hydrogen (secondary N) is 2. The summed E-state index contributed by atoms with van der Waals surface area (Å²) in [5.41, 5.74) is 2.21. The minimum Gasteiger partial charge on any atom is -0.283 e. The highest BCUT2D eigenvalue weighted by molar-refractivity contribution is 7.93. The van der Waals surface area contributed by atoms with Gasteiger partial charge in [-0.15, -0.1) is 0 Å². The van der Waals surface area contributed by atoms with E-state index in [1.807, 2.05) is 13.8 Å². The Kier molecular flexibility index (Phi) is 3.83. The third kappa shape index (κ3) is 2.88. The molecule has 0 amide bonds. The number of anilines is 1. The number of aromatic amines is 1. The fourth-order valence-corrected chi connectivity index (χ4v) is 4.32. The van der Waals surface area contributed by atoms with Crippen LogP contribution in [0.1, 0.15) is 38.2 Å². The highest BCUT2D eigenvalue weighted by Gasteiger charge is 2.35. The largest absolute Gasteiger partial charge is 0.283 e. The molecular formula is C17H19N5O3S. The van der Waals surface area contributed by atoms with Gasteiger partial charge in [0.25, 0.3) is 11.3 Å². The lowest BCUT2D eigenvalue weighted by Gasteiger charge is -2.12. The van der Waals surface area contributed by atoms with Gasteiger partial charge in [-0.2, -0.15) is 4.52 Å². The smallest absolute Gasteiger partial charge is 0.278 e. The van der Waals surface area contributed by atoms with Crippen LogP contribution in [0.15, 0.2) is 35.4 Å². The number of benzene rings is 1. The van der Waals surface area contributed by atoms with E-state index in [1.165, 1.54) is 10.8 Å². The van der Waals surface area contributed by atoms with Gasteiger partial charge in [0.15, 0.2) is 0 Å². The van der Waals surface area contributed by atoms with Crippen molar-refractivity contribution in [3.63, 3.8) is 0 Å². The van der Waals surface area contributed by atoms with Gasteiger partial charge in [-0.05, 0) is 30.9 Å². The van der Waals surface area contributed by atoms with Crippen LogP contribution < -0.4 is 10.3 Å². The zero-order valence-electron chi connectivity index (χ0n) is 14.4. The summed E-state index contributed by atoms with van der Waals surface area (Å²) in [7, 11) is -3.30. The average Bonchev–Trinajstić information content (AvgIpc) is 3.34. The Balaban J connectivity index is 1.75. The van der Waals surface area contributed by atoms with Crippen LogP contribution in [0.5, 0.6) is 0 Å². The molecule has 0 aliphatic heterocycles. The summed E-state index contributed by atoms with van der Waals surface area (Å²) < 4.78 is 28.0. The van der Waals surface area contributed by atoms with E-state index in [9.17, 15) is 13.2 Å². The number of aromatic nitrogens is 4. The standard InChI is InChI=1S/C17H19N5O3S/c1-10(2)14-15(20-17-18-9-19-22(17)16(14)23)11-3-5-12(6-4-11)21-26(24,25)13-7-8-13/h3-6,9-10,13,21H,7-8H2,1-2H3,(H,18,19,20). The van der Waals surface area contributed by atoms with Gasteiger partial charge in [0.1, 0.15) is 6.33 Å². The van der Waals surface area contributed by atoms with E-state index in [4.69, 9.17) is 0 Å². The molecule has 0 saturated heterocycles. The van der Waals surface area contributed by atoms with Crippen molar-refractivity contribution < 1.29 is 8.42 Å². The van der Waals surface area contributed by atoms with Crippen molar-refractivity contribution in [2.45, 2.75) is 37.9 Å². The van der Waals surface area contributed by atoms with Gasteiger partial charge in [0.05, 0.1) is 10.9 Å². The molecular weight excluding hydrogens is 354 g/mol. The van der Waals surface area contributed by atoms with Gasteiger partial charge in [0, 0.05) is 16.8 Å². The Labute approximate surface area is 150 Å². The third-order valence-corrected chi connectivity index (χ3v) is 6.30. The van der Waals surface area contributed by atoms with Gasteiger partial charge < -0.3 is 0 Å². The van der Waals surface area contributed by atoms with Crippen molar-refractivity contribution in [2.75, 3.05) is 4.72 Å². The second-order valence-corrected chi connectivity index (χ2v) is 8.74. The van der Waals surface area contributed by atoms with Crippen LogP contribution in [0.3, 0.4) is 0 Å². The van der Waals surface area contributed by atoms with Gasteiger partial charge >= 0.3 is 0 Å². The minimum absolute atomic E-state index is 0.0294. The molecule has 1 aliphatic rings. The van der Waals surface area contributed by atoms with Crippen molar-refractivity contribution in [2.24, 2.45) is 0 Å². The van der Waals surface area contributed by atoms with Crippen molar-refractivity contribution in [1.29, 1.82) is 0 Å². The number of fused-ring (bicyclic) bond motifs is 1. The van der Waals surface area contributed by atoms with Crippen molar-refractivity contribution >= 4 is 21.5 Å². The van der Waals surface area contributed by atoms with Crippen molar-refractivity contribution in [3.8, 4) is 11.3 Å². The molecule has 2 N–H and O–H groups in total. The van der Waals surface area contributed by atoms with Crippen LogP contribution in [0.4, 0.5) is 5.69 Å². The first-order valence-electron chi connectivity index (χ1n) is 8.45. The van der Waals surface area contributed by atoms with Crippen LogP contribution >= 0.6 is 0 Å². The maximum absolute atomic E-state index is 12.7. The number of H-pyrrole nitrogens is 1. The Hall–Kier alpha value is -2.68. The van der Waals surface area contributed by atoms with Gasteiger partial charge in [-0.25, -0.2) is 18.4 Å². The summed E-state index contributed by atoms with van der Waals surface area (Å²) in [6, 6.07) is 6.91. The van der Waals surface area contributed by atoms with Gasteiger partial charge in [-0.3, -0.25) is 14.6 Å². The highest BCUT2D eigenvalue weighted by Crippen LogP contribution is 2.31. The van der Waals surface area contributed by atoms with Crippen LogP contribution in [0.2, 0.25) is 0 Å². The number of hydrogen-bond donors (Lipinski definition) is 2. The van der Waals surface area contributed by atoms with Crippen molar-refractivity contribution in [3.05, 3.63) is 46.5 Å². The molecule has 4 rings (SSSR count). The molecule has 0 atom stereocenters. The molecule has 0 bridgehead atoms. The van der Waals surface area contributed by atoms with Crippen LogP contribution in [0, 0.1) is 0 Å². The average molecular weight is 373 g/mol. The fourth-order valence-electron chi connectivity index (χ4n) is 2.93. The fraction of sp³-hybridized carbons (Fsp3) is 0.353. The molecule has 1 fully saturated rings. The predicted octanol–water partition coefficient (Wildman–Crippen LogP) is 2.11. The normalized spacial score (nSPS) is 14.9. The molecule has 1 saturated carbocycles. The summed E-state index contributed by atoms with van der Waals surface area (Å²) >= 11 is 0. The molecule has 3 aromatic rings. The molecule has 26 heavy (non-hydrogen) atoms. The van der Waals surface area contributed by atoms with E-state index in [-0.39, 0.29) is 16.7 Å². The quantitative estimate of drug-likeness (QED) is 0.712. The molecule has 1 aliphatic carbocycles. The van der Waals surface area contributed by atoms with Crippen LogP contribution in [-0.2, 0) is 10.0 Å². The van der Waals surface area contributed by atoms with Crippen molar-refractivity contribution in [1.82, 2.24) is 19.6 Å². The van der Waals surface area contributed by atoms with E-state index in [2.05, 4.69) is 19.8 Å². The molecule has 136 valence electrons. The third-order valence-electron chi connectivity index (χ3n) is 4.43. The molecule has 0 radical (unpaired) electrons. The first-order chi connectivity index (χ1) is 12.4. The lowest BCUT2D eigenvalue weighted by molar-refractivity contribution is 0.600. The monoisotopic (exact) mass is 373 g/mol. The summed E-state index contributed by atoms with van der Waals surface area (Å²) in [5.74, 6) is 0.270. The predicted molar refractivity (Wildman–Crippen MR) is 98.7 cm³/mol. The van der Waals surface area contributed by atoms with Gasteiger partial charge in [-0.1, -0.05) is 26.0 Å². The maximum Gasteiger partial charge on any atom is 0.278 e. The molecule has 8 nitrogen and oxygen atoms in total. The molecule has 0 spiro atoms. The number of sulfonamides is 1. The van der Waals surface area contributed by atoms with E-state index in [0.29, 0.717) is 35.6 Å². The van der Waals surface area contributed by atoms with E-state index >= 15 is 0 Å². The summed E-state index contributed by atoms with van der Waals surface area (Å²) in [6.45, 7) is 3.87.